The van der Waals surface area contributed by atoms with Gasteiger partial charge in [-0.3, -0.25) is 4.79 Å². The van der Waals surface area contributed by atoms with Crippen LogP contribution in [-0.4, -0.2) is 35.0 Å². The monoisotopic (exact) mass is 388 g/mol. The van der Waals surface area contributed by atoms with E-state index in [4.69, 9.17) is 4.74 Å². The SMILES string of the molecule is CNS(=O)(=O)c1ccc(CCC(=O)N2CCCc3cc(OC)ccc32)cc1. The molecule has 0 unspecified atom stereocenters. The second-order valence-electron chi connectivity index (χ2n) is 6.50. The summed E-state index contributed by atoms with van der Waals surface area (Å²) in [7, 11) is -0.416. The molecule has 0 radical (unpaired) electrons. The van der Waals surface area contributed by atoms with Gasteiger partial charge in [-0.15, -0.1) is 0 Å². The van der Waals surface area contributed by atoms with Crippen LogP contribution in [0.4, 0.5) is 5.69 Å². The highest BCUT2D eigenvalue weighted by atomic mass is 32.2. The van der Waals surface area contributed by atoms with Gasteiger partial charge in [-0.2, -0.15) is 0 Å². The summed E-state index contributed by atoms with van der Waals surface area (Å²) in [5.41, 5.74) is 3.03. The minimum absolute atomic E-state index is 0.0769. The Bertz CT molecular complexity index is 923. The summed E-state index contributed by atoms with van der Waals surface area (Å²) in [5.74, 6) is 0.882. The minimum atomic E-state index is -3.44. The number of ether oxygens (including phenoxy) is 1. The van der Waals surface area contributed by atoms with Crippen LogP contribution in [0.25, 0.3) is 0 Å². The maximum absolute atomic E-state index is 12.7. The number of anilines is 1. The average Bonchev–Trinajstić information content (AvgIpc) is 2.71. The van der Waals surface area contributed by atoms with Crippen LogP contribution in [0.5, 0.6) is 5.75 Å². The van der Waals surface area contributed by atoms with Crippen LogP contribution in [0, 0.1) is 0 Å². The molecule has 27 heavy (non-hydrogen) atoms. The Balaban J connectivity index is 1.67. The number of amides is 1. The fraction of sp³-hybridized carbons (Fsp3) is 0.350. The standard InChI is InChI=1S/C20H24N2O4S/c1-21-27(24,25)18-9-5-15(6-10-18)7-12-20(23)22-13-3-4-16-14-17(26-2)8-11-19(16)22/h5-6,8-11,14,21H,3-4,7,12-13H2,1-2H3. The highest BCUT2D eigenvalue weighted by Crippen LogP contribution is 2.31. The molecule has 0 saturated heterocycles. The van der Waals surface area contributed by atoms with Gasteiger partial charge in [0.2, 0.25) is 15.9 Å². The van der Waals surface area contributed by atoms with Crippen molar-refractivity contribution in [1.29, 1.82) is 0 Å². The van der Waals surface area contributed by atoms with E-state index in [2.05, 4.69) is 4.72 Å². The second-order valence-corrected chi connectivity index (χ2v) is 8.38. The lowest BCUT2D eigenvalue weighted by molar-refractivity contribution is -0.118. The first-order valence-electron chi connectivity index (χ1n) is 8.94. The molecule has 1 amide bonds. The molecule has 2 aromatic carbocycles. The van der Waals surface area contributed by atoms with Crippen molar-refractivity contribution in [2.24, 2.45) is 0 Å². The predicted octanol–water partition coefficient (Wildman–Crippen LogP) is 2.52. The molecule has 0 aromatic heterocycles. The van der Waals surface area contributed by atoms with E-state index in [0.29, 0.717) is 12.8 Å². The van der Waals surface area contributed by atoms with Crippen LogP contribution in [0.3, 0.4) is 0 Å². The maximum Gasteiger partial charge on any atom is 0.240 e. The molecule has 1 aliphatic rings. The van der Waals surface area contributed by atoms with Crippen LogP contribution < -0.4 is 14.4 Å². The highest BCUT2D eigenvalue weighted by molar-refractivity contribution is 7.89. The van der Waals surface area contributed by atoms with Crippen LogP contribution in [0.15, 0.2) is 47.4 Å². The number of hydrogen-bond acceptors (Lipinski definition) is 4. The zero-order valence-electron chi connectivity index (χ0n) is 15.6. The normalized spacial score (nSPS) is 13.9. The molecule has 7 heteroatoms. The first kappa shape index (κ1) is 19.4. The first-order chi connectivity index (χ1) is 12.9. The fourth-order valence-electron chi connectivity index (χ4n) is 3.30. The first-order valence-corrected chi connectivity index (χ1v) is 10.4. The van der Waals surface area contributed by atoms with Gasteiger partial charge in [0.05, 0.1) is 12.0 Å². The number of carbonyl (C=O) groups excluding carboxylic acids is 1. The number of sulfonamides is 1. The molecule has 0 spiro atoms. The summed E-state index contributed by atoms with van der Waals surface area (Å²) >= 11 is 0. The molecule has 1 heterocycles. The van der Waals surface area contributed by atoms with Gasteiger partial charge in [-0.05, 0) is 67.8 Å². The third kappa shape index (κ3) is 4.31. The summed E-state index contributed by atoms with van der Waals surface area (Å²) in [4.78, 5) is 14.8. The van der Waals surface area contributed by atoms with Gasteiger partial charge in [-0.25, -0.2) is 13.1 Å². The van der Waals surface area contributed by atoms with Crippen LogP contribution >= 0.6 is 0 Å². The fourth-order valence-corrected chi connectivity index (χ4v) is 4.03. The summed E-state index contributed by atoms with van der Waals surface area (Å²) in [6.07, 6.45) is 2.82. The Morgan fingerprint density at radius 3 is 2.59 bits per heavy atom. The van der Waals surface area contributed by atoms with Gasteiger partial charge in [0.15, 0.2) is 0 Å². The van der Waals surface area contributed by atoms with Gasteiger partial charge in [0.25, 0.3) is 0 Å². The summed E-state index contributed by atoms with van der Waals surface area (Å²) < 4.78 is 31.1. The molecule has 1 N–H and O–H groups in total. The number of benzene rings is 2. The number of aryl methyl sites for hydroxylation is 2. The molecule has 144 valence electrons. The Hall–Kier alpha value is -2.38. The van der Waals surface area contributed by atoms with Gasteiger partial charge in [0.1, 0.15) is 5.75 Å². The molecule has 6 nitrogen and oxygen atoms in total. The Labute approximate surface area is 160 Å². The van der Waals surface area contributed by atoms with E-state index in [1.807, 2.05) is 23.1 Å². The Kier molecular flexibility index (Phi) is 5.82. The second kappa shape index (κ2) is 8.10. The van der Waals surface area contributed by atoms with Crippen molar-refractivity contribution in [3.05, 3.63) is 53.6 Å². The lowest BCUT2D eigenvalue weighted by Crippen LogP contribution is -2.35. The molecule has 2 aromatic rings. The van der Waals surface area contributed by atoms with E-state index in [9.17, 15) is 13.2 Å². The van der Waals surface area contributed by atoms with Crippen molar-refractivity contribution >= 4 is 21.6 Å². The summed E-state index contributed by atoms with van der Waals surface area (Å²) in [6, 6.07) is 12.5. The average molecular weight is 388 g/mol. The van der Waals surface area contributed by atoms with Gasteiger partial charge < -0.3 is 9.64 Å². The molecular formula is C20H24N2O4S. The zero-order valence-corrected chi connectivity index (χ0v) is 16.4. The predicted molar refractivity (Wildman–Crippen MR) is 105 cm³/mol. The lowest BCUT2D eigenvalue weighted by Gasteiger charge is -2.30. The molecule has 0 aliphatic carbocycles. The third-order valence-electron chi connectivity index (χ3n) is 4.84. The number of nitrogens with zero attached hydrogens (tertiary/aromatic N) is 1. The smallest absolute Gasteiger partial charge is 0.240 e. The largest absolute Gasteiger partial charge is 0.497 e. The third-order valence-corrected chi connectivity index (χ3v) is 6.27. The van der Waals surface area contributed by atoms with Crippen LogP contribution in [0.2, 0.25) is 0 Å². The van der Waals surface area contributed by atoms with Gasteiger partial charge >= 0.3 is 0 Å². The summed E-state index contributed by atoms with van der Waals surface area (Å²) in [5, 5.41) is 0. The number of rotatable bonds is 6. The highest BCUT2D eigenvalue weighted by Gasteiger charge is 2.22. The number of methoxy groups -OCH3 is 1. The zero-order chi connectivity index (χ0) is 19.4. The molecule has 1 aliphatic heterocycles. The molecule has 0 fully saturated rings. The number of hydrogen-bond donors (Lipinski definition) is 1. The van der Waals surface area contributed by atoms with Crippen molar-refractivity contribution in [3.63, 3.8) is 0 Å². The van der Waals surface area contributed by atoms with E-state index in [-0.39, 0.29) is 10.8 Å². The summed E-state index contributed by atoms with van der Waals surface area (Å²) in [6.45, 7) is 0.720. The molecular weight excluding hydrogens is 364 g/mol. The van der Waals surface area contributed by atoms with E-state index in [0.717, 1.165) is 42.0 Å². The van der Waals surface area contributed by atoms with E-state index in [1.54, 1.807) is 31.4 Å². The maximum atomic E-state index is 12.7. The number of carbonyl (C=O) groups is 1. The Morgan fingerprint density at radius 2 is 1.93 bits per heavy atom. The minimum Gasteiger partial charge on any atom is -0.497 e. The van der Waals surface area contributed by atoms with Crippen molar-refractivity contribution in [3.8, 4) is 5.75 Å². The van der Waals surface area contributed by atoms with Crippen LogP contribution in [0.1, 0.15) is 24.0 Å². The van der Waals surface area contributed by atoms with E-state index >= 15 is 0 Å². The van der Waals surface area contributed by atoms with Crippen molar-refractivity contribution in [2.45, 2.75) is 30.6 Å². The van der Waals surface area contributed by atoms with Crippen molar-refractivity contribution < 1.29 is 17.9 Å². The van der Waals surface area contributed by atoms with Gasteiger partial charge in [-0.1, -0.05) is 12.1 Å². The Morgan fingerprint density at radius 1 is 1.19 bits per heavy atom. The molecule has 0 atom stereocenters. The molecule has 0 saturated carbocycles. The molecule has 3 rings (SSSR count). The van der Waals surface area contributed by atoms with Crippen molar-refractivity contribution in [1.82, 2.24) is 4.72 Å². The molecule has 0 bridgehead atoms. The van der Waals surface area contributed by atoms with Crippen LogP contribution in [-0.2, 0) is 27.7 Å². The van der Waals surface area contributed by atoms with E-state index < -0.39 is 10.0 Å². The number of fused-ring (bicyclic) bond motifs is 1. The quantitative estimate of drug-likeness (QED) is 0.825. The lowest BCUT2D eigenvalue weighted by atomic mass is 10.0. The topological polar surface area (TPSA) is 75.7 Å². The van der Waals surface area contributed by atoms with Gasteiger partial charge in [0, 0.05) is 18.7 Å². The number of nitrogens with one attached hydrogen (secondary N) is 1. The van der Waals surface area contributed by atoms with E-state index in [1.165, 1.54) is 7.05 Å². The van der Waals surface area contributed by atoms with Crippen molar-refractivity contribution in [2.75, 3.05) is 25.6 Å².